The maximum Gasteiger partial charge on any atom is 0.329 e. The molecule has 2 heterocycles. The van der Waals surface area contributed by atoms with Crippen LogP contribution in [-0.4, -0.2) is 45.6 Å². The van der Waals surface area contributed by atoms with Crippen LogP contribution in [0.2, 0.25) is 0 Å². The Morgan fingerprint density at radius 1 is 1.57 bits per heavy atom. The molecule has 2 N–H and O–H groups in total. The van der Waals surface area contributed by atoms with E-state index in [0.717, 1.165) is 17.1 Å². The number of rotatable bonds is 5. The number of aryl methyl sites for hydroxylation is 1. The largest absolute Gasteiger partial charge is 0.479 e. The fraction of sp³-hybridized carbons (Fsp3) is 0.643. The van der Waals surface area contributed by atoms with Gasteiger partial charge in [0, 0.05) is 30.6 Å². The molecule has 2 rings (SSSR count). The molecule has 1 aliphatic rings. The van der Waals surface area contributed by atoms with Crippen molar-refractivity contribution in [1.29, 1.82) is 0 Å². The summed E-state index contributed by atoms with van der Waals surface area (Å²) in [6, 6.07) is -0.287. The summed E-state index contributed by atoms with van der Waals surface area (Å²) in [4.78, 5) is 29.6. The smallest absolute Gasteiger partial charge is 0.329 e. The van der Waals surface area contributed by atoms with Gasteiger partial charge in [-0.1, -0.05) is 6.92 Å². The van der Waals surface area contributed by atoms with Crippen molar-refractivity contribution in [2.75, 3.05) is 13.1 Å². The van der Waals surface area contributed by atoms with Gasteiger partial charge in [-0.2, -0.15) is 0 Å². The van der Waals surface area contributed by atoms with Crippen molar-refractivity contribution in [3.05, 3.63) is 16.1 Å². The van der Waals surface area contributed by atoms with Crippen molar-refractivity contribution >= 4 is 23.3 Å². The van der Waals surface area contributed by atoms with Gasteiger partial charge < -0.3 is 15.3 Å². The summed E-state index contributed by atoms with van der Waals surface area (Å²) < 4.78 is 0. The molecule has 2 amide bonds. The third-order valence-electron chi connectivity index (χ3n) is 4.00. The molecule has 116 valence electrons. The van der Waals surface area contributed by atoms with Crippen LogP contribution in [0.25, 0.3) is 0 Å². The molecule has 0 saturated carbocycles. The van der Waals surface area contributed by atoms with Gasteiger partial charge in [-0.15, -0.1) is 11.3 Å². The van der Waals surface area contributed by atoms with Crippen LogP contribution >= 0.6 is 11.3 Å². The standard InChI is InChI=1S/C14H21N3O3S/c1-3-14(12(18)19)6-4-8-17(14)13(20)15-7-5-11-16-10(2)9-21-11/h9H,3-8H2,1-2H3,(H,15,20)(H,18,19). The van der Waals surface area contributed by atoms with Crippen molar-refractivity contribution in [2.24, 2.45) is 0 Å². The average molecular weight is 311 g/mol. The van der Waals surface area contributed by atoms with E-state index >= 15 is 0 Å². The monoisotopic (exact) mass is 311 g/mol. The van der Waals surface area contributed by atoms with Crippen LogP contribution in [0.15, 0.2) is 5.38 Å². The molecule has 1 aromatic heterocycles. The SMILES string of the molecule is CCC1(C(=O)O)CCCN1C(=O)NCCc1nc(C)cs1. The van der Waals surface area contributed by atoms with Crippen LogP contribution in [0.4, 0.5) is 4.79 Å². The van der Waals surface area contributed by atoms with Crippen molar-refractivity contribution < 1.29 is 14.7 Å². The van der Waals surface area contributed by atoms with Gasteiger partial charge in [0.1, 0.15) is 5.54 Å². The number of aromatic nitrogens is 1. The summed E-state index contributed by atoms with van der Waals surface area (Å²) in [5.74, 6) is -0.909. The van der Waals surface area contributed by atoms with E-state index in [2.05, 4.69) is 10.3 Å². The van der Waals surface area contributed by atoms with Gasteiger partial charge in [-0.3, -0.25) is 0 Å². The summed E-state index contributed by atoms with van der Waals surface area (Å²) in [5.41, 5.74) is -0.0567. The van der Waals surface area contributed by atoms with Crippen LogP contribution in [-0.2, 0) is 11.2 Å². The Bertz CT molecular complexity index is 531. The third kappa shape index (κ3) is 3.18. The summed E-state index contributed by atoms with van der Waals surface area (Å²) in [7, 11) is 0. The van der Waals surface area contributed by atoms with E-state index in [1.165, 1.54) is 4.90 Å². The van der Waals surface area contributed by atoms with E-state index in [-0.39, 0.29) is 6.03 Å². The van der Waals surface area contributed by atoms with Crippen LogP contribution in [0.5, 0.6) is 0 Å². The Balaban J connectivity index is 1.91. The highest BCUT2D eigenvalue weighted by molar-refractivity contribution is 7.09. The van der Waals surface area contributed by atoms with Crippen LogP contribution in [0.1, 0.15) is 36.9 Å². The molecular formula is C14H21N3O3S. The number of urea groups is 1. The quantitative estimate of drug-likeness (QED) is 0.871. The summed E-state index contributed by atoms with van der Waals surface area (Å²) in [6.45, 7) is 4.73. The number of thiazole rings is 1. The number of carbonyl (C=O) groups excluding carboxylic acids is 1. The molecule has 1 fully saturated rings. The molecule has 1 unspecified atom stereocenters. The zero-order chi connectivity index (χ0) is 15.5. The first-order valence-electron chi connectivity index (χ1n) is 7.19. The number of carboxylic acids is 1. The Morgan fingerprint density at radius 3 is 2.90 bits per heavy atom. The molecule has 1 aromatic rings. The minimum absolute atomic E-state index is 0.287. The second-order valence-corrected chi connectivity index (χ2v) is 6.25. The molecule has 1 aliphatic heterocycles. The number of hydrogen-bond donors (Lipinski definition) is 2. The van der Waals surface area contributed by atoms with Gasteiger partial charge in [0.05, 0.1) is 5.01 Å². The van der Waals surface area contributed by atoms with Crippen LogP contribution < -0.4 is 5.32 Å². The minimum atomic E-state index is -1.04. The van der Waals surface area contributed by atoms with Crippen molar-refractivity contribution in [1.82, 2.24) is 15.2 Å². The lowest BCUT2D eigenvalue weighted by molar-refractivity contribution is -0.148. The Morgan fingerprint density at radius 2 is 2.33 bits per heavy atom. The topological polar surface area (TPSA) is 82.5 Å². The number of carboxylic acid groups (broad SMARTS) is 1. The summed E-state index contributed by atoms with van der Waals surface area (Å²) in [6.07, 6.45) is 2.36. The molecule has 6 nitrogen and oxygen atoms in total. The van der Waals surface area contributed by atoms with E-state index < -0.39 is 11.5 Å². The number of nitrogens with one attached hydrogen (secondary N) is 1. The lowest BCUT2D eigenvalue weighted by atomic mass is 9.93. The van der Waals surface area contributed by atoms with E-state index in [1.807, 2.05) is 19.2 Å². The maximum atomic E-state index is 12.3. The van der Waals surface area contributed by atoms with Crippen LogP contribution in [0.3, 0.4) is 0 Å². The highest BCUT2D eigenvalue weighted by Crippen LogP contribution is 2.32. The van der Waals surface area contributed by atoms with Gasteiger partial charge in [0.25, 0.3) is 0 Å². The minimum Gasteiger partial charge on any atom is -0.479 e. The normalized spacial score (nSPS) is 21.5. The first-order valence-corrected chi connectivity index (χ1v) is 8.07. The lowest BCUT2D eigenvalue weighted by Crippen LogP contribution is -2.55. The van der Waals surface area contributed by atoms with Crippen LogP contribution in [0, 0.1) is 6.92 Å². The molecule has 0 aromatic carbocycles. The predicted octanol–water partition coefficient (Wildman–Crippen LogP) is 2.03. The summed E-state index contributed by atoms with van der Waals surface area (Å²) >= 11 is 1.57. The number of likely N-dealkylation sites (tertiary alicyclic amines) is 1. The molecule has 0 aliphatic carbocycles. The van der Waals surface area contributed by atoms with Gasteiger partial charge in [-0.25, -0.2) is 14.6 Å². The Labute approximate surface area is 128 Å². The van der Waals surface area contributed by atoms with E-state index in [4.69, 9.17) is 0 Å². The first kappa shape index (κ1) is 15.8. The molecular weight excluding hydrogens is 290 g/mol. The van der Waals surface area contributed by atoms with Gasteiger partial charge in [-0.05, 0) is 26.2 Å². The molecule has 1 saturated heterocycles. The maximum absolute atomic E-state index is 12.3. The number of aliphatic carboxylic acids is 1. The van der Waals surface area contributed by atoms with E-state index in [0.29, 0.717) is 32.4 Å². The summed E-state index contributed by atoms with van der Waals surface area (Å²) in [5, 5.41) is 15.2. The van der Waals surface area contributed by atoms with Gasteiger partial charge in [0.2, 0.25) is 0 Å². The van der Waals surface area contributed by atoms with E-state index in [1.54, 1.807) is 11.3 Å². The third-order valence-corrected chi connectivity index (χ3v) is 5.03. The molecule has 0 radical (unpaired) electrons. The molecule has 0 spiro atoms. The van der Waals surface area contributed by atoms with E-state index in [9.17, 15) is 14.7 Å². The van der Waals surface area contributed by atoms with Gasteiger partial charge in [0.15, 0.2) is 0 Å². The Kier molecular flexibility index (Phi) is 4.82. The first-order chi connectivity index (χ1) is 9.99. The highest BCUT2D eigenvalue weighted by Gasteiger charge is 2.48. The average Bonchev–Trinajstić information content (AvgIpc) is 3.05. The van der Waals surface area contributed by atoms with Gasteiger partial charge >= 0.3 is 12.0 Å². The Hall–Kier alpha value is -1.63. The van der Waals surface area contributed by atoms with Crippen molar-refractivity contribution in [3.8, 4) is 0 Å². The number of amides is 2. The lowest BCUT2D eigenvalue weighted by Gasteiger charge is -2.33. The second kappa shape index (κ2) is 6.43. The highest BCUT2D eigenvalue weighted by atomic mass is 32.1. The molecule has 1 atom stereocenters. The zero-order valence-corrected chi connectivity index (χ0v) is 13.2. The second-order valence-electron chi connectivity index (χ2n) is 5.31. The fourth-order valence-corrected chi connectivity index (χ4v) is 3.58. The fourth-order valence-electron chi connectivity index (χ4n) is 2.81. The zero-order valence-electron chi connectivity index (χ0n) is 12.4. The molecule has 21 heavy (non-hydrogen) atoms. The van der Waals surface area contributed by atoms with Crippen molar-refractivity contribution in [2.45, 2.75) is 45.1 Å². The molecule has 7 heteroatoms. The number of carbonyl (C=O) groups is 2. The number of hydrogen-bond acceptors (Lipinski definition) is 4. The predicted molar refractivity (Wildman–Crippen MR) is 80.6 cm³/mol. The van der Waals surface area contributed by atoms with Crippen molar-refractivity contribution in [3.63, 3.8) is 0 Å². The molecule has 0 bridgehead atoms. The number of nitrogens with zero attached hydrogens (tertiary/aromatic N) is 2.